The molecule has 3 nitrogen and oxygen atoms in total. The van der Waals surface area contributed by atoms with Gasteiger partial charge in [-0.1, -0.05) is 6.07 Å². The number of hydrogen-bond donors (Lipinski definition) is 3. The molecular formula is C6H6BBrO3. The average Bonchev–Trinajstić information content (AvgIpc) is 1.94. The predicted molar refractivity (Wildman–Crippen MR) is 45.6 cm³/mol. The topological polar surface area (TPSA) is 60.7 Å². The first-order valence-electron chi connectivity index (χ1n) is 2.96. The third-order valence-electron chi connectivity index (χ3n) is 1.27. The van der Waals surface area contributed by atoms with Gasteiger partial charge in [0.1, 0.15) is 5.75 Å². The van der Waals surface area contributed by atoms with Crippen LogP contribution in [-0.4, -0.2) is 22.3 Å². The predicted octanol–water partition coefficient (Wildman–Crippen LogP) is -0.166. The van der Waals surface area contributed by atoms with Crippen molar-refractivity contribution < 1.29 is 15.2 Å². The van der Waals surface area contributed by atoms with Crippen LogP contribution in [0.2, 0.25) is 0 Å². The van der Waals surface area contributed by atoms with Gasteiger partial charge in [0.25, 0.3) is 0 Å². The van der Waals surface area contributed by atoms with Crippen LogP contribution in [0.5, 0.6) is 5.75 Å². The molecule has 0 aliphatic rings. The lowest BCUT2D eigenvalue weighted by Crippen LogP contribution is -2.29. The van der Waals surface area contributed by atoms with Crippen LogP contribution >= 0.6 is 15.9 Å². The lowest BCUT2D eigenvalue weighted by Gasteiger charge is -2.00. The minimum absolute atomic E-state index is 0.00407. The molecule has 0 fully saturated rings. The molecule has 58 valence electrons. The van der Waals surface area contributed by atoms with Crippen LogP contribution < -0.4 is 5.46 Å². The van der Waals surface area contributed by atoms with E-state index < -0.39 is 7.12 Å². The molecule has 0 radical (unpaired) electrons. The number of rotatable bonds is 1. The van der Waals surface area contributed by atoms with E-state index in [9.17, 15) is 0 Å². The highest BCUT2D eigenvalue weighted by molar-refractivity contribution is 9.10. The summed E-state index contributed by atoms with van der Waals surface area (Å²) in [6.45, 7) is 0. The molecule has 0 spiro atoms. The summed E-state index contributed by atoms with van der Waals surface area (Å²) in [4.78, 5) is 0. The molecule has 0 aliphatic heterocycles. The molecule has 0 bridgehead atoms. The first-order valence-corrected chi connectivity index (χ1v) is 3.75. The summed E-state index contributed by atoms with van der Waals surface area (Å²) in [5.74, 6) is -0.00407. The number of phenolic OH excluding ortho intramolecular Hbond substituents is 1. The van der Waals surface area contributed by atoms with Crippen LogP contribution in [0.25, 0.3) is 0 Å². The Morgan fingerprint density at radius 3 is 2.36 bits per heavy atom. The monoisotopic (exact) mass is 216 g/mol. The Bertz CT molecular complexity index is 264. The third kappa shape index (κ3) is 1.96. The van der Waals surface area contributed by atoms with E-state index in [0.29, 0.717) is 4.47 Å². The smallest absolute Gasteiger partial charge is 0.488 e. The largest absolute Gasteiger partial charge is 0.507 e. The second-order valence-electron chi connectivity index (χ2n) is 2.08. The lowest BCUT2D eigenvalue weighted by molar-refractivity contribution is 0.424. The van der Waals surface area contributed by atoms with E-state index in [0.717, 1.165) is 0 Å². The third-order valence-corrected chi connectivity index (χ3v) is 1.94. The molecule has 0 saturated carbocycles. The van der Waals surface area contributed by atoms with Gasteiger partial charge < -0.3 is 15.2 Å². The van der Waals surface area contributed by atoms with E-state index in [4.69, 9.17) is 15.2 Å². The maximum atomic E-state index is 9.08. The molecule has 0 saturated heterocycles. The molecule has 3 N–H and O–H groups in total. The van der Waals surface area contributed by atoms with Crippen molar-refractivity contribution in [2.75, 3.05) is 0 Å². The Balaban J connectivity index is 3.05. The standard InChI is InChI=1S/C6H6BBrO3/c8-5-2-1-4(7(10)11)3-6(5)9/h1-3,9-11H. The minimum atomic E-state index is -1.53. The zero-order chi connectivity index (χ0) is 8.43. The first kappa shape index (κ1) is 8.58. The van der Waals surface area contributed by atoms with E-state index in [1.807, 2.05) is 0 Å². The van der Waals surface area contributed by atoms with Crippen molar-refractivity contribution in [3.63, 3.8) is 0 Å². The maximum absolute atomic E-state index is 9.08. The van der Waals surface area contributed by atoms with Gasteiger partial charge in [-0.15, -0.1) is 0 Å². The van der Waals surface area contributed by atoms with Gasteiger partial charge in [0.05, 0.1) is 4.47 Å². The molecule has 0 atom stereocenters. The van der Waals surface area contributed by atoms with E-state index >= 15 is 0 Å². The van der Waals surface area contributed by atoms with Crippen LogP contribution in [0.3, 0.4) is 0 Å². The molecule has 0 heterocycles. The van der Waals surface area contributed by atoms with Gasteiger partial charge in [-0.2, -0.15) is 0 Å². The molecule has 1 rings (SSSR count). The number of phenols is 1. The van der Waals surface area contributed by atoms with Crippen molar-refractivity contribution in [3.8, 4) is 5.75 Å². The zero-order valence-electron chi connectivity index (χ0n) is 5.53. The number of aromatic hydroxyl groups is 1. The summed E-state index contributed by atoms with van der Waals surface area (Å²) in [6, 6.07) is 4.34. The van der Waals surface area contributed by atoms with E-state index in [2.05, 4.69) is 15.9 Å². The second-order valence-corrected chi connectivity index (χ2v) is 2.94. The van der Waals surface area contributed by atoms with Gasteiger partial charge in [-0.25, -0.2) is 0 Å². The molecule has 1 aromatic rings. The van der Waals surface area contributed by atoms with Gasteiger partial charge >= 0.3 is 7.12 Å². The van der Waals surface area contributed by atoms with E-state index in [1.165, 1.54) is 12.1 Å². The summed E-state index contributed by atoms with van der Waals surface area (Å²) < 4.78 is 0.530. The van der Waals surface area contributed by atoms with E-state index in [1.54, 1.807) is 6.07 Å². The fourth-order valence-electron chi connectivity index (χ4n) is 0.690. The Morgan fingerprint density at radius 1 is 1.27 bits per heavy atom. The molecule has 0 aliphatic carbocycles. The molecule has 11 heavy (non-hydrogen) atoms. The molecule has 0 aromatic heterocycles. The van der Waals surface area contributed by atoms with Crippen molar-refractivity contribution in [1.82, 2.24) is 0 Å². The van der Waals surface area contributed by atoms with Crippen LogP contribution in [0.1, 0.15) is 0 Å². The molecule has 5 heteroatoms. The molecule has 0 unspecified atom stereocenters. The molecular weight excluding hydrogens is 211 g/mol. The Hall–Kier alpha value is -0.515. The van der Waals surface area contributed by atoms with Crippen molar-refractivity contribution >= 4 is 28.5 Å². The van der Waals surface area contributed by atoms with Gasteiger partial charge in [-0.05, 0) is 33.5 Å². The van der Waals surface area contributed by atoms with Gasteiger partial charge in [0.15, 0.2) is 0 Å². The summed E-state index contributed by atoms with van der Waals surface area (Å²) >= 11 is 3.07. The average molecular weight is 217 g/mol. The molecule has 1 aromatic carbocycles. The highest BCUT2D eigenvalue weighted by Crippen LogP contribution is 2.20. The van der Waals surface area contributed by atoms with Crippen molar-refractivity contribution in [2.45, 2.75) is 0 Å². The first-order chi connectivity index (χ1) is 5.11. The Morgan fingerprint density at radius 2 is 1.91 bits per heavy atom. The molecule has 0 amide bonds. The van der Waals surface area contributed by atoms with Gasteiger partial charge in [-0.3, -0.25) is 0 Å². The number of benzene rings is 1. The van der Waals surface area contributed by atoms with Crippen molar-refractivity contribution in [2.24, 2.45) is 0 Å². The highest BCUT2D eigenvalue weighted by atomic mass is 79.9. The quantitative estimate of drug-likeness (QED) is 0.572. The summed E-state index contributed by atoms with van der Waals surface area (Å²) in [7, 11) is -1.53. The number of halogens is 1. The van der Waals surface area contributed by atoms with Crippen molar-refractivity contribution in [3.05, 3.63) is 22.7 Å². The van der Waals surface area contributed by atoms with Crippen LogP contribution in [0, 0.1) is 0 Å². The minimum Gasteiger partial charge on any atom is -0.507 e. The zero-order valence-corrected chi connectivity index (χ0v) is 7.12. The van der Waals surface area contributed by atoms with Gasteiger partial charge in [0.2, 0.25) is 0 Å². The summed E-state index contributed by atoms with van der Waals surface area (Å²) in [5.41, 5.74) is 0.269. The Labute approximate surface area is 72.6 Å². The fraction of sp³-hybridized carbons (Fsp3) is 0. The lowest BCUT2D eigenvalue weighted by atomic mass is 9.80. The SMILES string of the molecule is OB(O)c1ccc(Br)c(O)c1. The normalized spacial score (nSPS) is 9.73. The Kier molecular flexibility index (Phi) is 2.54. The van der Waals surface area contributed by atoms with Crippen LogP contribution in [0.15, 0.2) is 22.7 Å². The van der Waals surface area contributed by atoms with Crippen molar-refractivity contribution in [1.29, 1.82) is 0 Å². The van der Waals surface area contributed by atoms with Gasteiger partial charge in [0, 0.05) is 0 Å². The fourth-order valence-corrected chi connectivity index (χ4v) is 0.937. The highest BCUT2D eigenvalue weighted by Gasteiger charge is 2.11. The summed E-state index contributed by atoms with van der Waals surface area (Å²) in [6.07, 6.45) is 0. The second kappa shape index (κ2) is 3.25. The summed E-state index contributed by atoms with van der Waals surface area (Å²) in [5, 5.41) is 26.4. The van der Waals surface area contributed by atoms with Crippen LogP contribution in [0.4, 0.5) is 0 Å². The maximum Gasteiger partial charge on any atom is 0.488 e. The van der Waals surface area contributed by atoms with Crippen LogP contribution in [-0.2, 0) is 0 Å². The van der Waals surface area contributed by atoms with E-state index in [-0.39, 0.29) is 11.2 Å². The number of hydrogen-bond acceptors (Lipinski definition) is 3.